The first-order chi connectivity index (χ1) is 7.88. The molecule has 17 heavy (non-hydrogen) atoms. The van der Waals surface area contributed by atoms with Gasteiger partial charge in [0.1, 0.15) is 12.4 Å². The summed E-state index contributed by atoms with van der Waals surface area (Å²) >= 11 is 0. The highest BCUT2D eigenvalue weighted by Gasteiger charge is 2.12. The molecule has 0 bridgehead atoms. The number of amides is 1. The zero-order valence-corrected chi connectivity index (χ0v) is 10.5. The van der Waals surface area contributed by atoms with Gasteiger partial charge >= 0.3 is 0 Å². The van der Waals surface area contributed by atoms with Gasteiger partial charge in [0.15, 0.2) is 0 Å². The molecule has 1 amide bonds. The van der Waals surface area contributed by atoms with E-state index in [4.69, 9.17) is 5.73 Å². The molecule has 0 heterocycles. The van der Waals surface area contributed by atoms with E-state index in [-0.39, 0.29) is 18.0 Å². The van der Waals surface area contributed by atoms with Crippen LogP contribution in [0.3, 0.4) is 0 Å². The molecule has 3 N–H and O–H groups in total. The second kappa shape index (κ2) is 5.48. The molecule has 92 valence electrons. The first kappa shape index (κ1) is 13.2. The molecule has 0 saturated carbocycles. The fraction of sp³-hybridized carbons (Fsp3) is 0.385. The maximum Gasteiger partial charge on any atom is 0.242 e. The maximum atomic E-state index is 11.5. The molecule has 1 aromatic carbocycles. The number of nitrogens with one attached hydrogen (secondary N) is 1. The highest BCUT2D eigenvalue weighted by Crippen LogP contribution is 1.99. The lowest BCUT2D eigenvalue weighted by atomic mass is 10.1. The second-order valence-corrected chi connectivity index (χ2v) is 4.87. The topological polar surface area (TPSA) is 67.5 Å². The van der Waals surface area contributed by atoms with Gasteiger partial charge in [0.2, 0.25) is 5.91 Å². The van der Waals surface area contributed by atoms with Crippen LogP contribution in [0.15, 0.2) is 35.3 Å². The van der Waals surface area contributed by atoms with Gasteiger partial charge in [0.05, 0.1) is 0 Å². The van der Waals surface area contributed by atoms with Crippen LogP contribution in [-0.2, 0) is 4.79 Å². The van der Waals surface area contributed by atoms with Crippen LogP contribution >= 0.6 is 0 Å². The lowest BCUT2D eigenvalue weighted by molar-refractivity contribution is -0.121. The first-order valence-electron chi connectivity index (χ1n) is 5.55. The van der Waals surface area contributed by atoms with E-state index in [1.165, 1.54) is 0 Å². The summed E-state index contributed by atoms with van der Waals surface area (Å²) in [5.74, 6) is 0.256. The summed E-state index contributed by atoms with van der Waals surface area (Å²) in [7, 11) is 0. The van der Waals surface area contributed by atoms with Crippen molar-refractivity contribution < 1.29 is 4.79 Å². The Hall–Kier alpha value is -1.84. The van der Waals surface area contributed by atoms with Gasteiger partial charge in [-0.05, 0) is 20.8 Å². The van der Waals surface area contributed by atoms with Crippen molar-refractivity contribution in [3.8, 4) is 0 Å². The summed E-state index contributed by atoms with van der Waals surface area (Å²) in [6.07, 6.45) is 0. The number of hydrogen-bond acceptors (Lipinski definition) is 2. The van der Waals surface area contributed by atoms with Gasteiger partial charge < -0.3 is 11.1 Å². The number of nitrogens with two attached hydrogens (primary N) is 1. The summed E-state index contributed by atoms with van der Waals surface area (Å²) in [4.78, 5) is 15.6. The van der Waals surface area contributed by atoms with Crippen LogP contribution < -0.4 is 11.1 Å². The third-order valence-corrected chi connectivity index (χ3v) is 1.98. The smallest absolute Gasteiger partial charge is 0.242 e. The van der Waals surface area contributed by atoms with Crippen LogP contribution in [0, 0.1) is 0 Å². The van der Waals surface area contributed by atoms with E-state index in [0.717, 1.165) is 5.56 Å². The summed E-state index contributed by atoms with van der Waals surface area (Å²) in [6, 6.07) is 9.39. The number of benzene rings is 1. The van der Waals surface area contributed by atoms with Crippen molar-refractivity contribution in [1.29, 1.82) is 0 Å². The molecule has 0 spiro atoms. The SMILES string of the molecule is CC(C)(C)NC(=O)CN=C(N)c1ccccc1. The minimum atomic E-state index is -0.242. The van der Waals surface area contributed by atoms with Crippen molar-refractivity contribution in [1.82, 2.24) is 5.32 Å². The summed E-state index contributed by atoms with van der Waals surface area (Å²) < 4.78 is 0. The molecule has 0 aliphatic heterocycles. The summed E-state index contributed by atoms with van der Waals surface area (Å²) in [6.45, 7) is 5.83. The lowest BCUT2D eigenvalue weighted by Crippen LogP contribution is -2.42. The van der Waals surface area contributed by atoms with Crippen molar-refractivity contribution >= 4 is 11.7 Å². The average Bonchev–Trinajstić information content (AvgIpc) is 2.25. The highest BCUT2D eigenvalue weighted by atomic mass is 16.2. The Kier molecular flexibility index (Phi) is 4.26. The molecule has 4 heteroatoms. The monoisotopic (exact) mass is 233 g/mol. The van der Waals surface area contributed by atoms with E-state index in [2.05, 4.69) is 10.3 Å². The second-order valence-electron chi connectivity index (χ2n) is 4.87. The van der Waals surface area contributed by atoms with Crippen molar-refractivity contribution in [2.45, 2.75) is 26.3 Å². The fourth-order valence-corrected chi connectivity index (χ4v) is 1.31. The Morgan fingerprint density at radius 1 is 1.29 bits per heavy atom. The van der Waals surface area contributed by atoms with E-state index in [1.54, 1.807) is 0 Å². The highest BCUT2D eigenvalue weighted by molar-refractivity contribution is 5.98. The molecule has 0 aromatic heterocycles. The predicted molar refractivity (Wildman–Crippen MR) is 69.9 cm³/mol. The van der Waals surface area contributed by atoms with Gasteiger partial charge in [0.25, 0.3) is 0 Å². The summed E-state index contributed by atoms with van der Waals surface area (Å²) in [5.41, 5.74) is 6.36. The van der Waals surface area contributed by atoms with E-state index in [1.807, 2.05) is 51.1 Å². The molecule has 0 atom stereocenters. The molecule has 1 rings (SSSR count). The average molecular weight is 233 g/mol. The van der Waals surface area contributed by atoms with Gasteiger partial charge in [-0.1, -0.05) is 30.3 Å². The number of nitrogens with zero attached hydrogens (tertiary/aromatic N) is 1. The Labute approximate surface area is 102 Å². The van der Waals surface area contributed by atoms with E-state index in [9.17, 15) is 4.79 Å². The standard InChI is InChI=1S/C13H19N3O/c1-13(2,3)16-11(17)9-15-12(14)10-7-5-4-6-8-10/h4-8H,9H2,1-3H3,(H2,14,15)(H,16,17). The van der Waals surface area contributed by atoms with Crippen LogP contribution in [0.4, 0.5) is 0 Å². The van der Waals surface area contributed by atoms with Crippen molar-refractivity contribution in [3.05, 3.63) is 35.9 Å². The van der Waals surface area contributed by atoms with E-state index in [0.29, 0.717) is 5.84 Å². The Morgan fingerprint density at radius 2 is 1.88 bits per heavy atom. The number of hydrogen-bond donors (Lipinski definition) is 2. The normalized spacial score (nSPS) is 12.3. The lowest BCUT2D eigenvalue weighted by Gasteiger charge is -2.19. The first-order valence-corrected chi connectivity index (χ1v) is 5.55. The number of rotatable bonds is 3. The number of aliphatic imine (C=N–C) groups is 1. The van der Waals surface area contributed by atoms with Gasteiger partial charge in [-0.3, -0.25) is 9.79 Å². The molecule has 1 aromatic rings. The van der Waals surface area contributed by atoms with Crippen LogP contribution in [0.2, 0.25) is 0 Å². The molecule has 0 aliphatic rings. The molecule has 4 nitrogen and oxygen atoms in total. The van der Waals surface area contributed by atoms with Gasteiger partial charge in [-0.2, -0.15) is 0 Å². The van der Waals surface area contributed by atoms with Gasteiger partial charge in [-0.25, -0.2) is 0 Å². The van der Waals surface area contributed by atoms with E-state index >= 15 is 0 Å². The largest absolute Gasteiger partial charge is 0.383 e. The molecule has 0 fully saturated rings. The summed E-state index contributed by atoms with van der Waals surface area (Å²) in [5, 5.41) is 2.82. The number of carbonyl (C=O) groups is 1. The number of amidine groups is 1. The Balaban J connectivity index is 2.57. The number of carbonyl (C=O) groups excluding carboxylic acids is 1. The van der Waals surface area contributed by atoms with Crippen molar-refractivity contribution in [2.24, 2.45) is 10.7 Å². The zero-order chi connectivity index (χ0) is 12.9. The molecule has 0 aliphatic carbocycles. The van der Waals surface area contributed by atoms with E-state index < -0.39 is 0 Å². The maximum absolute atomic E-state index is 11.5. The van der Waals surface area contributed by atoms with Crippen LogP contribution in [0.25, 0.3) is 0 Å². The Bertz CT molecular complexity index is 404. The quantitative estimate of drug-likeness (QED) is 0.610. The minimum absolute atomic E-state index is 0.0536. The van der Waals surface area contributed by atoms with Gasteiger partial charge in [0, 0.05) is 11.1 Å². The Morgan fingerprint density at radius 3 is 2.41 bits per heavy atom. The van der Waals surface area contributed by atoms with Crippen molar-refractivity contribution in [2.75, 3.05) is 6.54 Å². The zero-order valence-electron chi connectivity index (χ0n) is 10.5. The third kappa shape index (κ3) is 5.15. The molecule has 0 saturated heterocycles. The van der Waals surface area contributed by atoms with Crippen LogP contribution in [0.5, 0.6) is 0 Å². The third-order valence-electron chi connectivity index (χ3n) is 1.98. The van der Waals surface area contributed by atoms with Crippen molar-refractivity contribution in [3.63, 3.8) is 0 Å². The molecule has 0 unspecified atom stereocenters. The van der Waals surface area contributed by atoms with Crippen LogP contribution in [-0.4, -0.2) is 23.8 Å². The molecule has 0 radical (unpaired) electrons. The molecular formula is C13H19N3O. The fourth-order valence-electron chi connectivity index (χ4n) is 1.31. The molecular weight excluding hydrogens is 214 g/mol. The predicted octanol–water partition coefficient (Wildman–Crippen LogP) is 1.31. The van der Waals surface area contributed by atoms with Gasteiger partial charge in [-0.15, -0.1) is 0 Å². The van der Waals surface area contributed by atoms with Crippen LogP contribution in [0.1, 0.15) is 26.3 Å². The minimum Gasteiger partial charge on any atom is -0.383 e.